The Hall–Kier alpha value is -2.91. The van der Waals surface area contributed by atoms with Crippen molar-refractivity contribution in [2.75, 3.05) is 25.0 Å². The minimum absolute atomic E-state index is 0.0702. The molecule has 0 bridgehead atoms. The van der Waals surface area contributed by atoms with E-state index in [2.05, 4.69) is 15.4 Å². The maximum atomic E-state index is 13.5. The number of fused-ring (bicyclic) bond motifs is 1. The van der Waals surface area contributed by atoms with E-state index in [0.29, 0.717) is 37.8 Å². The summed E-state index contributed by atoms with van der Waals surface area (Å²) in [7, 11) is 0. The quantitative estimate of drug-likeness (QED) is 0.698. The van der Waals surface area contributed by atoms with Crippen LogP contribution < -0.4 is 14.8 Å². The number of piperidine rings is 1. The third kappa shape index (κ3) is 4.78. The highest BCUT2D eigenvalue weighted by atomic mass is 19.3. The fourth-order valence-corrected chi connectivity index (χ4v) is 4.52. The number of carbonyl (C=O) groups excluding carboxylic acids is 1. The Balaban J connectivity index is 1.30. The molecule has 2 aromatic rings. The molecule has 0 saturated carbocycles. The molecule has 2 aliphatic heterocycles. The molecule has 32 heavy (non-hydrogen) atoms. The zero-order valence-corrected chi connectivity index (χ0v) is 18.3. The summed E-state index contributed by atoms with van der Waals surface area (Å²) >= 11 is 0. The molecule has 0 unspecified atom stereocenters. The standard InChI is InChI=1S/C22H29F2N5O3/c1-3-31-16-4-6-17(7-5-16)32-14(2)21(30)28-10-8-15(9-11-28)18-12-19(20(23)24)29-22(27-18)25-13-26-29/h4-7,13-15,18-20H,3,8-12H2,1-2H3,(H,25,26,27)/t14-,18-,19+/m0/s1. The Morgan fingerprint density at radius 1 is 1.22 bits per heavy atom. The zero-order valence-electron chi connectivity index (χ0n) is 18.3. The molecule has 1 aromatic carbocycles. The molecule has 1 aromatic heterocycles. The SMILES string of the molecule is CCOc1ccc(O[C@@H](C)C(=O)N2CCC([C@@H]3C[C@H](C(F)F)n4ncnc4N3)CC2)cc1. The number of carbonyl (C=O) groups is 1. The normalized spacial score (nSPS) is 22.2. The Kier molecular flexibility index (Phi) is 6.76. The van der Waals surface area contributed by atoms with Gasteiger partial charge in [-0.05, 0) is 63.3 Å². The van der Waals surface area contributed by atoms with E-state index in [4.69, 9.17) is 9.47 Å². The first-order valence-electron chi connectivity index (χ1n) is 11.1. The lowest BCUT2D eigenvalue weighted by Crippen LogP contribution is -2.48. The highest BCUT2D eigenvalue weighted by molar-refractivity contribution is 5.81. The Morgan fingerprint density at radius 2 is 1.91 bits per heavy atom. The average Bonchev–Trinajstić information content (AvgIpc) is 3.28. The predicted octanol–water partition coefficient (Wildman–Crippen LogP) is 3.37. The van der Waals surface area contributed by atoms with Crippen LogP contribution >= 0.6 is 0 Å². The van der Waals surface area contributed by atoms with Crippen LogP contribution in [0.3, 0.4) is 0 Å². The van der Waals surface area contributed by atoms with Crippen molar-refractivity contribution in [3.8, 4) is 11.5 Å². The number of likely N-dealkylation sites (tertiary alicyclic amines) is 1. The minimum Gasteiger partial charge on any atom is -0.494 e. The second kappa shape index (κ2) is 9.70. The van der Waals surface area contributed by atoms with Gasteiger partial charge in [-0.3, -0.25) is 4.79 Å². The van der Waals surface area contributed by atoms with Crippen LogP contribution in [0.1, 0.15) is 39.2 Å². The van der Waals surface area contributed by atoms with Gasteiger partial charge in [-0.15, -0.1) is 0 Å². The summed E-state index contributed by atoms with van der Waals surface area (Å²) in [6.45, 7) is 5.40. The van der Waals surface area contributed by atoms with E-state index >= 15 is 0 Å². The van der Waals surface area contributed by atoms with Gasteiger partial charge >= 0.3 is 0 Å². The molecule has 1 amide bonds. The largest absolute Gasteiger partial charge is 0.494 e. The van der Waals surface area contributed by atoms with Gasteiger partial charge in [0.1, 0.15) is 23.9 Å². The summed E-state index contributed by atoms with van der Waals surface area (Å²) in [4.78, 5) is 18.7. The van der Waals surface area contributed by atoms with Crippen molar-refractivity contribution >= 4 is 11.9 Å². The molecule has 8 nitrogen and oxygen atoms in total. The number of nitrogens with zero attached hydrogens (tertiary/aromatic N) is 4. The lowest BCUT2D eigenvalue weighted by molar-refractivity contribution is -0.139. The van der Waals surface area contributed by atoms with Gasteiger partial charge in [-0.1, -0.05) is 0 Å². The molecular formula is C22H29F2N5O3. The van der Waals surface area contributed by atoms with Gasteiger partial charge in [0.05, 0.1) is 6.61 Å². The predicted molar refractivity (Wildman–Crippen MR) is 114 cm³/mol. The number of halogens is 2. The fourth-order valence-electron chi connectivity index (χ4n) is 4.52. The van der Waals surface area contributed by atoms with Crippen LogP contribution in [-0.2, 0) is 4.79 Å². The molecule has 10 heteroatoms. The van der Waals surface area contributed by atoms with E-state index in [0.717, 1.165) is 18.6 Å². The van der Waals surface area contributed by atoms with Crippen LogP contribution in [0.2, 0.25) is 0 Å². The summed E-state index contributed by atoms with van der Waals surface area (Å²) in [5.41, 5.74) is 0. The first kappa shape index (κ1) is 22.3. The van der Waals surface area contributed by atoms with E-state index in [-0.39, 0.29) is 17.9 Å². The van der Waals surface area contributed by atoms with Gasteiger partial charge in [0.25, 0.3) is 12.3 Å². The van der Waals surface area contributed by atoms with Gasteiger partial charge in [0.2, 0.25) is 5.95 Å². The van der Waals surface area contributed by atoms with Crippen molar-refractivity contribution in [3.63, 3.8) is 0 Å². The number of hydrogen-bond acceptors (Lipinski definition) is 6. The second-order valence-corrected chi connectivity index (χ2v) is 8.24. The van der Waals surface area contributed by atoms with Crippen molar-refractivity contribution in [1.82, 2.24) is 19.7 Å². The number of benzene rings is 1. The van der Waals surface area contributed by atoms with Crippen LogP contribution in [0.4, 0.5) is 14.7 Å². The third-order valence-electron chi connectivity index (χ3n) is 6.20. The van der Waals surface area contributed by atoms with Crippen LogP contribution in [-0.4, -0.2) is 63.8 Å². The molecule has 4 rings (SSSR count). The van der Waals surface area contributed by atoms with E-state index in [9.17, 15) is 13.6 Å². The van der Waals surface area contributed by atoms with E-state index < -0.39 is 18.6 Å². The molecule has 1 N–H and O–H groups in total. The number of alkyl halides is 2. The first-order chi connectivity index (χ1) is 15.5. The molecule has 174 valence electrons. The number of ether oxygens (including phenoxy) is 2. The van der Waals surface area contributed by atoms with E-state index in [1.807, 2.05) is 19.1 Å². The van der Waals surface area contributed by atoms with Crippen LogP contribution in [0.5, 0.6) is 11.5 Å². The highest BCUT2D eigenvalue weighted by Crippen LogP contribution is 2.35. The maximum Gasteiger partial charge on any atom is 0.263 e. The number of rotatable bonds is 7. The molecule has 0 radical (unpaired) electrons. The van der Waals surface area contributed by atoms with Gasteiger partial charge in [0, 0.05) is 19.1 Å². The van der Waals surface area contributed by atoms with Crippen molar-refractivity contribution in [2.45, 2.75) is 57.7 Å². The molecule has 2 aliphatic rings. The number of anilines is 1. The molecule has 3 atom stereocenters. The lowest BCUT2D eigenvalue weighted by Gasteiger charge is -2.40. The number of nitrogens with one attached hydrogen (secondary N) is 1. The molecule has 1 fully saturated rings. The number of hydrogen-bond donors (Lipinski definition) is 1. The molecule has 1 saturated heterocycles. The van der Waals surface area contributed by atoms with E-state index in [1.165, 1.54) is 11.0 Å². The van der Waals surface area contributed by atoms with Gasteiger partial charge < -0.3 is 19.7 Å². The summed E-state index contributed by atoms with van der Waals surface area (Å²) in [5, 5.41) is 7.19. The molecule has 0 spiro atoms. The summed E-state index contributed by atoms with van der Waals surface area (Å²) in [6.07, 6.45) is -0.0368. The highest BCUT2D eigenvalue weighted by Gasteiger charge is 2.39. The maximum absolute atomic E-state index is 13.5. The van der Waals surface area contributed by atoms with Crippen molar-refractivity contribution in [1.29, 1.82) is 0 Å². The Labute approximate surface area is 185 Å². The van der Waals surface area contributed by atoms with E-state index in [1.54, 1.807) is 24.0 Å². The lowest BCUT2D eigenvalue weighted by atomic mass is 9.85. The smallest absolute Gasteiger partial charge is 0.263 e. The minimum atomic E-state index is -2.50. The van der Waals surface area contributed by atoms with Crippen LogP contribution in [0, 0.1) is 5.92 Å². The average molecular weight is 450 g/mol. The zero-order chi connectivity index (χ0) is 22.7. The summed E-state index contributed by atoms with van der Waals surface area (Å²) < 4.78 is 39.6. The third-order valence-corrected chi connectivity index (χ3v) is 6.20. The summed E-state index contributed by atoms with van der Waals surface area (Å²) in [5.74, 6) is 1.87. The van der Waals surface area contributed by atoms with Crippen LogP contribution in [0.25, 0.3) is 0 Å². The van der Waals surface area contributed by atoms with Crippen LogP contribution in [0.15, 0.2) is 30.6 Å². The van der Waals surface area contributed by atoms with Crippen molar-refractivity contribution < 1.29 is 23.0 Å². The van der Waals surface area contributed by atoms with Gasteiger partial charge in [-0.25, -0.2) is 13.5 Å². The van der Waals surface area contributed by atoms with Crippen molar-refractivity contribution in [3.05, 3.63) is 30.6 Å². The second-order valence-electron chi connectivity index (χ2n) is 8.24. The fraction of sp³-hybridized carbons (Fsp3) is 0.591. The topological polar surface area (TPSA) is 81.5 Å². The Bertz CT molecular complexity index is 899. The first-order valence-corrected chi connectivity index (χ1v) is 11.1. The molecule has 0 aliphatic carbocycles. The van der Waals surface area contributed by atoms with Gasteiger partial charge in [0.15, 0.2) is 6.10 Å². The number of amides is 1. The molecular weight excluding hydrogens is 420 g/mol. The number of aromatic nitrogens is 3. The van der Waals surface area contributed by atoms with Gasteiger partial charge in [-0.2, -0.15) is 10.1 Å². The van der Waals surface area contributed by atoms with Crippen molar-refractivity contribution in [2.24, 2.45) is 5.92 Å². The molecule has 3 heterocycles. The summed E-state index contributed by atoms with van der Waals surface area (Å²) in [6, 6.07) is 6.11. The Morgan fingerprint density at radius 3 is 2.56 bits per heavy atom. The monoisotopic (exact) mass is 449 g/mol.